The lowest BCUT2D eigenvalue weighted by Gasteiger charge is -2.48. The Hall–Kier alpha value is -4.46. The van der Waals surface area contributed by atoms with Crippen LogP contribution >= 0.6 is 0 Å². The van der Waals surface area contributed by atoms with Gasteiger partial charge in [0.2, 0.25) is 0 Å². The van der Waals surface area contributed by atoms with E-state index >= 15 is 0 Å². The molecule has 11 heteroatoms. The van der Waals surface area contributed by atoms with E-state index in [0.717, 1.165) is 18.2 Å². The number of nitrogens with one attached hydrogen (secondary N) is 2. The SMILES string of the molecule is N#CCC1(n2cc(C(N)=O)c(Nc3ccccc3)n2)CN(C(=O)Nc2cc(F)ccc2F)C1. The first kappa shape index (κ1) is 21.8. The van der Waals surface area contributed by atoms with Crippen LogP contribution in [0.1, 0.15) is 16.8 Å². The summed E-state index contributed by atoms with van der Waals surface area (Å²) in [4.78, 5) is 25.8. The topological polar surface area (TPSA) is 129 Å². The Morgan fingerprint density at radius 1 is 1.18 bits per heavy atom. The Balaban J connectivity index is 1.55. The number of hydrogen-bond acceptors (Lipinski definition) is 5. The average molecular weight is 451 g/mol. The molecule has 4 rings (SSSR count). The summed E-state index contributed by atoms with van der Waals surface area (Å²) in [5.41, 5.74) is 5.12. The molecule has 0 aliphatic carbocycles. The Kier molecular flexibility index (Phi) is 5.66. The molecule has 0 atom stereocenters. The van der Waals surface area contributed by atoms with E-state index in [9.17, 15) is 23.6 Å². The normalized spacial score (nSPS) is 14.2. The van der Waals surface area contributed by atoms with Crippen LogP contribution in [0, 0.1) is 23.0 Å². The fraction of sp³-hybridized carbons (Fsp3) is 0.182. The standard InChI is InChI=1S/C22H19F2N7O2/c23-14-6-7-17(24)18(10-14)28-21(33)30-12-22(13-30,8-9-25)31-11-16(19(26)32)20(29-31)27-15-4-2-1-3-5-15/h1-7,10-11H,8,12-13H2,(H2,26,32)(H,27,29)(H,28,33). The van der Waals surface area contributed by atoms with E-state index in [-0.39, 0.29) is 36.6 Å². The number of carbonyl (C=O) groups excluding carboxylic acids is 2. The average Bonchev–Trinajstić information content (AvgIpc) is 3.18. The summed E-state index contributed by atoms with van der Waals surface area (Å²) in [5.74, 6) is -1.95. The molecule has 1 aromatic heterocycles. The van der Waals surface area contributed by atoms with Crippen molar-refractivity contribution in [3.05, 3.63) is 71.9 Å². The number of carbonyl (C=O) groups is 2. The number of benzene rings is 2. The van der Waals surface area contributed by atoms with Crippen LogP contribution in [0.4, 0.5) is 30.8 Å². The number of amides is 3. The molecular formula is C22H19F2N7O2. The highest BCUT2D eigenvalue weighted by molar-refractivity contribution is 5.98. The van der Waals surface area contributed by atoms with Crippen molar-refractivity contribution in [3.63, 3.8) is 0 Å². The van der Waals surface area contributed by atoms with Gasteiger partial charge in [-0.2, -0.15) is 10.4 Å². The molecule has 168 valence electrons. The largest absolute Gasteiger partial charge is 0.365 e. The van der Waals surface area contributed by atoms with Crippen LogP contribution in [0.2, 0.25) is 0 Å². The zero-order valence-corrected chi connectivity index (χ0v) is 17.3. The van der Waals surface area contributed by atoms with E-state index in [1.54, 1.807) is 12.1 Å². The van der Waals surface area contributed by atoms with Gasteiger partial charge in [-0.15, -0.1) is 0 Å². The van der Waals surface area contributed by atoms with Gasteiger partial charge in [-0.1, -0.05) is 18.2 Å². The monoisotopic (exact) mass is 451 g/mol. The van der Waals surface area contributed by atoms with Crippen LogP contribution < -0.4 is 16.4 Å². The number of nitrogens with zero attached hydrogens (tertiary/aromatic N) is 4. The number of halogens is 2. The van der Waals surface area contributed by atoms with Gasteiger partial charge in [-0.3, -0.25) is 9.48 Å². The molecule has 0 bridgehead atoms. The van der Waals surface area contributed by atoms with Crippen LogP contribution in [0.15, 0.2) is 54.7 Å². The minimum atomic E-state index is -0.909. The van der Waals surface area contributed by atoms with Crippen LogP contribution in [0.25, 0.3) is 0 Å². The molecule has 0 saturated carbocycles. The molecule has 1 fully saturated rings. The van der Waals surface area contributed by atoms with Crippen molar-refractivity contribution in [1.29, 1.82) is 5.26 Å². The molecule has 0 unspecified atom stereocenters. The third-order valence-electron chi connectivity index (χ3n) is 5.34. The summed E-state index contributed by atoms with van der Waals surface area (Å²) in [6.45, 7) is 0.127. The molecule has 2 heterocycles. The molecule has 4 N–H and O–H groups in total. The van der Waals surface area contributed by atoms with E-state index in [1.807, 2.05) is 18.2 Å². The third-order valence-corrected chi connectivity index (χ3v) is 5.34. The first-order chi connectivity index (χ1) is 15.8. The molecule has 0 radical (unpaired) electrons. The first-order valence-electron chi connectivity index (χ1n) is 9.91. The van der Waals surface area contributed by atoms with Crippen LogP contribution in [0.3, 0.4) is 0 Å². The number of urea groups is 1. The lowest BCUT2D eigenvalue weighted by molar-refractivity contribution is 0.0400. The third kappa shape index (κ3) is 4.31. The van der Waals surface area contributed by atoms with Gasteiger partial charge in [0.1, 0.15) is 22.7 Å². The lowest BCUT2D eigenvalue weighted by atomic mass is 9.87. The second-order valence-corrected chi connectivity index (χ2v) is 7.66. The van der Waals surface area contributed by atoms with Gasteiger partial charge < -0.3 is 21.3 Å². The molecular weight excluding hydrogens is 432 g/mol. The second kappa shape index (κ2) is 8.58. The Labute approximate surface area is 187 Å². The maximum atomic E-state index is 13.8. The molecule has 3 aromatic rings. The molecule has 1 aliphatic rings. The number of hydrogen-bond donors (Lipinski definition) is 3. The molecule has 3 amide bonds. The van der Waals surface area contributed by atoms with Gasteiger partial charge in [0.05, 0.1) is 31.3 Å². The Morgan fingerprint density at radius 2 is 1.91 bits per heavy atom. The van der Waals surface area contributed by atoms with E-state index in [2.05, 4.69) is 21.8 Å². The highest BCUT2D eigenvalue weighted by Gasteiger charge is 2.48. The zero-order chi connectivity index (χ0) is 23.6. The fourth-order valence-electron chi connectivity index (χ4n) is 3.63. The van der Waals surface area contributed by atoms with E-state index in [4.69, 9.17) is 5.73 Å². The van der Waals surface area contributed by atoms with Gasteiger partial charge in [0.25, 0.3) is 5.91 Å². The number of aromatic nitrogens is 2. The van der Waals surface area contributed by atoms with E-state index < -0.39 is 29.1 Å². The second-order valence-electron chi connectivity index (χ2n) is 7.66. The number of para-hydroxylation sites is 1. The summed E-state index contributed by atoms with van der Waals surface area (Å²) in [7, 11) is 0. The predicted molar refractivity (Wildman–Crippen MR) is 116 cm³/mol. The molecule has 1 aliphatic heterocycles. The Morgan fingerprint density at radius 3 is 2.58 bits per heavy atom. The van der Waals surface area contributed by atoms with E-state index in [1.165, 1.54) is 15.8 Å². The van der Waals surface area contributed by atoms with Crippen molar-refractivity contribution < 1.29 is 18.4 Å². The molecule has 1 saturated heterocycles. The van der Waals surface area contributed by atoms with Gasteiger partial charge in [-0.25, -0.2) is 13.6 Å². The quantitative estimate of drug-likeness (QED) is 0.530. The van der Waals surface area contributed by atoms with Crippen LogP contribution in [0.5, 0.6) is 0 Å². The summed E-state index contributed by atoms with van der Waals surface area (Å²) >= 11 is 0. The van der Waals surface area contributed by atoms with Crippen molar-refractivity contribution in [2.75, 3.05) is 23.7 Å². The fourth-order valence-corrected chi connectivity index (χ4v) is 3.63. The minimum Gasteiger partial charge on any atom is -0.365 e. The summed E-state index contributed by atoms with van der Waals surface area (Å²) < 4.78 is 28.7. The molecule has 9 nitrogen and oxygen atoms in total. The number of anilines is 3. The maximum Gasteiger partial charge on any atom is 0.322 e. The number of nitrogens with two attached hydrogens (primary N) is 1. The number of rotatable bonds is 6. The lowest BCUT2D eigenvalue weighted by Crippen LogP contribution is -2.65. The number of likely N-dealkylation sites (tertiary alicyclic amines) is 1. The number of primary amides is 1. The van der Waals surface area contributed by atoms with Crippen molar-refractivity contribution in [1.82, 2.24) is 14.7 Å². The van der Waals surface area contributed by atoms with Crippen LogP contribution in [-0.4, -0.2) is 39.7 Å². The predicted octanol–water partition coefficient (Wildman–Crippen LogP) is 3.16. The van der Waals surface area contributed by atoms with Crippen molar-refractivity contribution in [3.8, 4) is 6.07 Å². The zero-order valence-electron chi connectivity index (χ0n) is 17.3. The highest BCUT2D eigenvalue weighted by Crippen LogP contribution is 2.34. The first-order valence-corrected chi connectivity index (χ1v) is 9.91. The smallest absolute Gasteiger partial charge is 0.322 e. The summed E-state index contributed by atoms with van der Waals surface area (Å²) in [5, 5.41) is 19.1. The van der Waals surface area contributed by atoms with E-state index in [0.29, 0.717) is 5.69 Å². The van der Waals surface area contributed by atoms with Gasteiger partial charge in [0.15, 0.2) is 5.82 Å². The van der Waals surface area contributed by atoms with Crippen molar-refractivity contribution in [2.24, 2.45) is 5.73 Å². The summed E-state index contributed by atoms with van der Waals surface area (Å²) in [6, 6.07) is 13.2. The maximum absolute atomic E-state index is 13.8. The van der Waals surface area contributed by atoms with Gasteiger partial charge in [-0.05, 0) is 24.3 Å². The van der Waals surface area contributed by atoms with Gasteiger partial charge in [0, 0.05) is 18.0 Å². The highest BCUT2D eigenvalue weighted by atomic mass is 19.1. The van der Waals surface area contributed by atoms with Gasteiger partial charge >= 0.3 is 6.03 Å². The Bertz CT molecular complexity index is 1250. The molecule has 2 aromatic carbocycles. The molecule has 0 spiro atoms. The van der Waals surface area contributed by atoms with Crippen molar-refractivity contribution in [2.45, 2.75) is 12.0 Å². The minimum absolute atomic E-state index is 0.00420. The van der Waals surface area contributed by atoms with Crippen molar-refractivity contribution >= 4 is 29.1 Å². The molecule has 33 heavy (non-hydrogen) atoms. The summed E-state index contributed by atoms with van der Waals surface area (Å²) in [6.07, 6.45) is 1.43. The number of nitriles is 1. The van der Waals surface area contributed by atoms with Crippen LogP contribution in [-0.2, 0) is 5.54 Å².